The van der Waals surface area contributed by atoms with Gasteiger partial charge in [-0.2, -0.15) is 0 Å². The number of urea groups is 1. The summed E-state index contributed by atoms with van der Waals surface area (Å²) in [5.41, 5.74) is 1.44. The molecule has 164 valence electrons. The second-order valence-corrected chi connectivity index (χ2v) is 8.46. The van der Waals surface area contributed by atoms with Crippen molar-refractivity contribution in [1.82, 2.24) is 9.80 Å². The molecule has 1 aliphatic heterocycles. The molecular weight excluding hydrogens is 400 g/mol. The molecule has 2 heterocycles. The largest absolute Gasteiger partial charge is 0.459 e. The normalized spacial score (nSPS) is 18.3. The zero-order chi connectivity index (χ0) is 22.3. The number of carbonyl (C=O) groups excluding carboxylic acids is 3. The minimum atomic E-state index is -0.834. The number of imide groups is 1. The van der Waals surface area contributed by atoms with Gasteiger partial charge in [0.15, 0.2) is 0 Å². The Morgan fingerprint density at radius 2 is 1.84 bits per heavy atom. The molecule has 1 saturated heterocycles. The van der Waals surface area contributed by atoms with Gasteiger partial charge in [-0.05, 0) is 37.8 Å². The molecule has 31 heavy (non-hydrogen) atoms. The number of likely N-dealkylation sites (N-methyl/N-ethyl adjacent to an activating group) is 1. The summed E-state index contributed by atoms with van der Waals surface area (Å²) in [5.74, 6) is -1.03. The number of fused-ring (bicyclic) bond motifs is 1. The minimum absolute atomic E-state index is 0.152. The van der Waals surface area contributed by atoms with Crippen molar-refractivity contribution in [3.8, 4) is 0 Å². The van der Waals surface area contributed by atoms with Crippen LogP contribution in [0.25, 0.3) is 11.0 Å². The zero-order valence-electron chi connectivity index (χ0n) is 18.0. The SMILES string of the molecule is Cc1ccc2c(COC(=O)CN3C(=O)N(C)C4(CCCCC4)C3=O)cc(=O)oc2c1C. The molecule has 0 N–H and O–H groups in total. The van der Waals surface area contributed by atoms with Gasteiger partial charge in [0, 0.05) is 24.1 Å². The molecule has 2 aromatic rings. The van der Waals surface area contributed by atoms with Gasteiger partial charge >= 0.3 is 17.6 Å². The smallest absolute Gasteiger partial charge is 0.336 e. The Balaban J connectivity index is 1.49. The van der Waals surface area contributed by atoms with Crippen LogP contribution in [0.5, 0.6) is 0 Å². The van der Waals surface area contributed by atoms with E-state index >= 15 is 0 Å². The Hall–Kier alpha value is -3.16. The Kier molecular flexibility index (Phi) is 5.33. The van der Waals surface area contributed by atoms with Gasteiger partial charge < -0.3 is 14.1 Å². The molecule has 1 aromatic carbocycles. The van der Waals surface area contributed by atoms with Gasteiger partial charge in [0.25, 0.3) is 5.91 Å². The van der Waals surface area contributed by atoms with Crippen molar-refractivity contribution in [3.63, 3.8) is 0 Å². The Morgan fingerprint density at radius 1 is 1.13 bits per heavy atom. The Labute approximate surface area is 179 Å². The number of benzene rings is 1. The third-order valence-electron chi connectivity index (χ3n) is 6.68. The Bertz CT molecular complexity index is 1130. The van der Waals surface area contributed by atoms with Crippen LogP contribution >= 0.6 is 0 Å². The van der Waals surface area contributed by atoms with Gasteiger partial charge in [-0.3, -0.25) is 14.5 Å². The summed E-state index contributed by atoms with van der Waals surface area (Å²) in [5, 5.41) is 0.685. The lowest BCUT2D eigenvalue weighted by atomic mass is 9.81. The van der Waals surface area contributed by atoms with Gasteiger partial charge in [0.1, 0.15) is 24.3 Å². The van der Waals surface area contributed by atoms with Crippen LogP contribution in [-0.2, 0) is 20.9 Å². The monoisotopic (exact) mass is 426 g/mol. The highest BCUT2D eigenvalue weighted by molar-refractivity contribution is 6.08. The van der Waals surface area contributed by atoms with Crippen LogP contribution in [0.2, 0.25) is 0 Å². The molecule has 3 amide bonds. The van der Waals surface area contributed by atoms with Crippen LogP contribution in [0.4, 0.5) is 4.79 Å². The van der Waals surface area contributed by atoms with E-state index in [0.29, 0.717) is 29.4 Å². The van der Waals surface area contributed by atoms with E-state index in [0.717, 1.165) is 35.3 Å². The van der Waals surface area contributed by atoms with Gasteiger partial charge in [0.05, 0.1) is 0 Å². The van der Waals surface area contributed by atoms with Crippen LogP contribution in [0.3, 0.4) is 0 Å². The maximum Gasteiger partial charge on any atom is 0.336 e. The van der Waals surface area contributed by atoms with Crippen LogP contribution in [-0.4, -0.2) is 46.8 Å². The van der Waals surface area contributed by atoms with Crippen molar-refractivity contribution in [1.29, 1.82) is 0 Å². The molecule has 1 aliphatic carbocycles. The molecule has 1 saturated carbocycles. The molecule has 2 aliphatic rings. The summed E-state index contributed by atoms with van der Waals surface area (Å²) < 4.78 is 10.7. The molecular formula is C23H26N2O6. The first kappa shape index (κ1) is 21.1. The van der Waals surface area contributed by atoms with Crippen LogP contribution in [0.1, 0.15) is 48.8 Å². The molecule has 0 bridgehead atoms. The van der Waals surface area contributed by atoms with E-state index in [9.17, 15) is 19.2 Å². The summed E-state index contributed by atoms with van der Waals surface area (Å²) in [6.07, 6.45) is 4.03. The number of nitrogens with zero attached hydrogens (tertiary/aromatic N) is 2. The highest BCUT2D eigenvalue weighted by Gasteiger charge is 2.55. The number of amides is 3. The number of esters is 1. The Morgan fingerprint density at radius 3 is 2.55 bits per heavy atom. The lowest BCUT2D eigenvalue weighted by Gasteiger charge is -2.35. The number of hydrogen-bond donors (Lipinski definition) is 0. The topological polar surface area (TPSA) is 97.1 Å². The third kappa shape index (κ3) is 3.49. The highest BCUT2D eigenvalue weighted by atomic mass is 16.5. The second kappa shape index (κ2) is 7.83. The van der Waals surface area contributed by atoms with E-state index in [-0.39, 0.29) is 12.5 Å². The fourth-order valence-corrected chi connectivity index (χ4v) is 4.65. The molecule has 1 aromatic heterocycles. The first-order valence-corrected chi connectivity index (χ1v) is 10.5. The van der Waals surface area contributed by atoms with Crippen molar-refractivity contribution >= 4 is 28.9 Å². The highest BCUT2D eigenvalue weighted by Crippen LogP contribution is 2.39. The maximum absolute atomic E-state index is 13.0. The van der Waals surface area contributed by atoms with Crippen molar-refractivity contribution in [2.24, 2.45) is 0 Å². The summed E-state index contributed by atoms with van der Waals surface area (Å²) in [4.78, 5) is 52.6. The zero-order valence-corrected chi connectivity index (χ0v) is 18.0. The van der Waals surface area contributed by atoms with Crippen LogP contribution < -0.4 is 5.63 Å². The second-order valence-electron chi connectivity index (χ2n) is 8.46. The fourth-order valence-electron chi connectivity index (χ4n) is 4.65. The van der Waals surface area contributed by atoms with Crippen molar-refractivity contribution in [2.45, 2.75) is 58.1 Å². The standard InChI is InChI=1S/C23H26N2O6/c1-14-7-8-17-16(11-18(26)31-20(17)15(14)2)13-30-19(27)12-25-21(28)23(24(3)22(25)29)9-5-4-6-10-23/h7-8,11H,4-6,9-10,12-13H2,1-3H3. The minimum Gasteiger partial charge on any atom is -0.459 e. The maximum atomic E-state index is 13.0. The number of aryl methyl sites for hydroxylation is 2. The van der Waals surface area contributed by atoms with E-state index in [4.69, 9.17) is 9.15 Å². The lowest BCUT2D eigenvalue weighted by Crippen LogP contribution is -2.49. The van der Waals surface area contributed by atoms with Gasteiger partial charge in [0.2, 0.25) is 0 Å². The van der Waals surface area contributed by atoms with Gasteiger partial charge in [-0.15, -0.1) is 0 Å². The molecule has 4 rings (SSSR count). The molecule has 0 atom stereocenters. The molecule has 8 heteroatoms. The number of carbonyl (C=O) groups is 3. The number of hydrogen-bond acceptors (Lipinski definition) is 6. The number of ether oxygens (including phenoxy) is 1. The van der Waals surface area contributed by atoms with E-state index in [2.05, 4.69) is 0 Å². The number of rotatable bonds is 4. The molecule has 0 unspecified atom stereocenters. The van der Waals surface area contributed by atoms with E-state index in [1.807, 2.05) is 26.0 Å². The summed E-state index contributed by atoms with van der Waals surface area (Å²) in [6.45, 7) is 3.18. The average Bonchev–Trinajstić information content (AvgIpc) is 2.92. The molecule has 2 fully saturated rings. The van der Waals surface area contributed by atoms with Gasteiger partial charge in [-0.25, -0.2) is 9.59 Å². The van der Waals surface area contributed by atoms with Crippen molar-refractivity contribution < 1.29 is 23.5 Å². The predicted octanol–water partition coefficient (Wildman–Crippen LogP) is 3.05. The van der Waals surface area contributed by atoms with Crippen molar-refractivity contribution in [3.05, 3.63) is 45.3 Å². The fraction of sp³-hybridized carbons (Fsp3) is 0.478. The first-order valence-electron chi connectivity index (χ1n) is 10.5. The van der Waals surface area contributed by atoms with Crippen LogP contribution in [0, 0.1) is 13.8 Å². The van der Waals surface area contributed by atoms with Gasteiger partial charge in [-0.1, -0.05) is 31.4 Å². The van der Waals surface area contributed by atoms with E-state index in [1.54, 1.807) is 7.05 Å². The first-order chi connectivity index (χ1) is 14.7. The van der Waals surface area contributed by atoms with Crippen LogP contribution in [0.15, 0.2) is 27.4 Å². The molecule has 8 nitrogen and oxygen atoms in total. The van der Waals surface area contributed by atoms with E-state index in [1.165, 1.54) is 11.0 Å². The molecule has 1 spiro atoms. The third-order valence-corrected chi connectivity index (χ3v) is 6.68. The van der Waals surface area contributed by atoms with Crippen molar-refractivity contribution in [2.75, 3.05) is 13.6 Å². The summed E-state index contributed by atoms with van der Waals surface area (Å²) >= 11 is 0. The lowest BCUT2D eigenvalue weighted by molar-refractivity contribution is -0.149. The summed E-state index contributed by atoms with van der Waals surface area (Å²) in [7, 11) is 1.62. The summed E-state index contributed by atoms with van der Waals surface area (Å²) in [6, 6.07) is 4.55. The van der Waals surface area contributed by atoms with E-state index < -0.39 is 29.7 Å². The quantitative estimate of drug-likeness (QED) is 0.423. The average molecular weight is 426 g/mol. The predicted molar refractivity (Wildman–Crippen MR) is 112 cm³/mol. The molecule has 0 radical (unpaired) electrons.